The molecule has 0 radical (unpaired) electrons. The van der Waals surface area contributed by atoms with Crippen molar-refractivity contribution in [2.75, 3.05) is 39.3 Å². The fourth-order valence-corrected chi connectivity index (χ4v) is 3.42. The van der Waals surface area contributed by atoms with Crippen LogP contribution >= 0.6 is 0 Å². The van der Waals surface area contributed by atoms with E-state index in [2.05, 4.69) is 29.4 Å². The number of carbonyl (C=O) groups excluding carboxylic acids is 1. The summed E-state index contributed by atoms with van der Waals surface area (Å²) in [6.07, 6.45) is 4.32. The third kappa shape index (κ3) is 3.48. The highest BCUT2D eigenvalue weighted by atomic mass is 16.2. The van der Waals surface area contributed by atoms with Gasteiger partial charge in [0, 0.05) is 19.6 Å². The molecule has 110 valence electrons. The molecule has 0 saturated carbocycles. The van der Waals surface area contributed by atoms with Crippen LogP contribution in [-0.4, -0.2) is 50.1 Å². The topological polar surface area (TPSA) is 44.4 Å². The quantitative estimate of drug-likeness (QED) is 0.787. The summed E-state index contributed by atoms with van der Waals surface area (Å²) >= 11 is 0. The zero-order chi connectivity index (χ0) is 13.7. The molecule has 19 heavy (non-hydrogen) atoms. The summed E-state index contributed by atoms with van der Waals surface area (Å²) < 4.78 is 0. The van der Waals surface area contributed by atoms with Gasteiger partial charge in [-0.3, -0.25) is 4.79 Å². The summed E-state index contributed by atoms with van der Waals surface area (Å²) in [5.74, 6) is 0.923. The van der Waals surface area contributed by atoms with Gasteiger partial charge in [-0.1, -0.05) is 13.8 Å². The standard InChI is InChI=1S/C15H29N3O/c1-3-15(7-5-8-16-12-15)14(19)17-10-13-6-9-18(4-2)11-13/h13,16H,3-12H2,1-2H3,(H,17,19). The summed E-state index contributed by atoms with van der Waals surface area (Å²) in [6.45, 7) is 10.6. The Hall–Kier alpha value is -0.610. The Bertz CT molecular complexity index is 300. The number of hydrogen-bond acceptors (Lipinski definition) is 3. The molecule has 2 aliphatic heterocycles. The van der Waals surface area contributed by atoms with Gasteiger partial charge in [0.15, 0.2) is 0 Å². The lowest BCUT2D eigenvalue weighted by molar-refractivity contribution is -0.132. The first-order valence-electron chi connectivity index (χ1n) is 7.91. The molecule has 4 heteroatoms. The molecule has 4 nitrogen and oxygen atoms in total. The number of rotatable bonds is 5. The largest absolute Gasteiger partial charge is 0.355 e. The van der Waals surface area contributed by atoms with E-state index in [-0.39, 0.29) is 11.3 Å². The molecule has 2 saturated heterocycles. The van der Waals surface area contributed by atoms with Crippen LogP contribution in [0.15, 0.2) is 0 Å². The van der Waals surface area contributed by atoms with Gasteiger partial charge in [-0.15, -0.1) is 0 Å². The van der Waals surface area contributed by atoms with E-state index in [4.69, 9.17) is 0 Å². The minimum Gasteiger partial charge on any atom is -0.355 e. The number of amides is 1. The lowest BCUT2D eigenvalue weighted by Crippen LogP contribution is -2.51. The average molecular weight is 267 g/mol. The van der Waals surface area contributed by atoms with E-state index in [1.165, 1.54) is 13.0 Å². The van der Waals surface area contributed by atoms with Gasteiger partial charge in [-0.05, 0) is 51.2 Å². The minimum absolute atomic E-state index is 0.151. The average Bonchev–Trinajstić information content (AvgIpc) is 2.93. The second kappa shape index (κ2) is 6.71. The summed E-state index contributed by atoms with van der Waals surface area (Å²) in [6, 6.07) is 0. The zero-order valence-corrected chi connectivity index (χ0v) is 12.5. The molecule has 2 atom stereocenters. The lowest BCUT2D eigenvalue weighted by Gasteiger charge is -2.35. The molecule has 0 aromatic heterocycles. The zero-order valence-electron chi connectivity index (χ0n) is 12.5. The van der Waals surface area contributed by atoms with E-state index in [1.807, 2.05) is 0 Å². The summed E-state index contributed by atoms with van der Waals surface area (Å²) in [5, 5.41) is 6.61. The first-order valence-corrected chi connectivity index (χ1v) is 7.91. The van der Waals surface area contributed by atoms with Gasteiger partial charge >= 0.3 is 0 Å². The smallest absolute Gasteiger partial charge is 0.227 e. The van der Waals surface area contributed by atoms with Crippen LogP contribution in [-0.2, 0) is 4.79 Å². The van der Waals surface area contributed by atoms with Gasteiger partial charge in [0.05, 0.1) is 5.41 Å². The Morgan fingerprint density at radius 1 is 1.47 bits per heavy atom. The molecule has 1 amide bonds. The maximum atomic E-state index is 12.5. The van der Waals surface area contributed by atoms with Crippen molar-refractivity contribution in [2.24, 2.45) is 11.3 Å². The second-order valence-corrected chi connectivity index (χ2v) is 6.17. The van der Waals surface area contributed by atoms with E-state index in [9.17, 15) is 4.79 Å². The van der Waals surface area contributed by atoms with Crippen LogP contribution in [0.5, 0.6) is 0 Å². The lowest BCUT2D eigenvalue weighted by atomic mass is 9.77. The van der Waals surface area contributed by atoms with Crippen molar-refractivity contribution in [3.8, 4) is 0 Å². The molecular formula is C15H29N3O. The van der Waals surface area contributed by atoms with Crippen molar-refractivity contribution >= 4 is 5.91 Å². The van der Waals surface area contributed by atoms with Gasteiger partial charge in [-0.2, -0.15) is 0 Å². The molecule has 2 unspecified atom stereocenters. The highest BCUT2D eigenvalue weighted by molar-refractivity contribution is 5.83. The molecule has 0 aromatic rings. The van der Waals surface area contributed by atoms with E-state index in [0.29, 0.717) is 5.92 Å². The monoisotopic (exact) mass is 267 g/mol. The summed E-state index contributed by atoms with van der Waals surface area (Å²) in [5.41, 5.74) is -0.151. The van der Waals surface area contributed by atoms with Gasteiger partial charge in [0.25, 0.3) is 0 Å². The highest BCUT2D eigenvalue weighted by Crippen LogP contribution is 2.30. The van der Waals surface area contributed by atoms with Gasteiger partial charge in [0.2, 0.25) is 5.91 Å². The van der Waals surface area contributed by atoms with Gasteiger partial charge < -0.3 is 15.5 Å². The third-order valence-electron chi connectivity index (χ3n) is 5.00. The van der Waals surface area contributed by atoms with Crippen LogP contribution in [0, 0.1) is 11.3 Å². The highest BCUT2D eigenvalue weighted by Gasteiger charge is 2.38. The molecule has 0 aliphatic carbocycles. The first-order chi connectivity index (χ1) is 9.20. The molecule has 0 aromatic carbocycles. The Labute approximate surface area is 117 Å². The van der Waals surface area contributed by atoms with Crippen molar-refractivity contribution in [1.82, 2.24) is 15.5 Å². The first kappa shape index (κ1) is 14.8. The van der Waals surface area contributed by atoms with Crippen molar-refractivity contribution in [3.63, 3.8) is 0 Å². The normalized spacial score (nSPS) is 32.4. The van der Waals surface area contributed by atoms with Crippen molar-refractivity contribution in [1.29, 1.82) is 0 Å². The number of hydrogen-bond donors (Lipinski definition) is 2. The van der Waals surface area contributed by atoms with Crippen molar-refractivity contribution in [2.45, 2.75) is 39.5 Å². The van der Waals surface area contributed by atoms with E-state index >= 15 is 0 Å². The third-order valence-corrected chi connectivity index (χ3v) is 5.00. The maximum absolute atomic E-state index is 12.5. The molecule has 2 heterocycles. The van der Waals surface area contributed by atoms with E-state index in [0.717, 1.165) is 52.0 Å². The molecule has 2 aliphatic rings. The van der Waals surface area contributed by atoms with Crippen molar-refractivity contribution < 1.29 is 4.79 Å². The SMILES string of the molecule is CCN1CCC(CNC(=O)C2(CC)CCCNC2)C1. The molecule has 0 spiro atoms. The molecule has 0 bridgehead atoms. The fraction of sp³-hybridized carbons (Fsp3) is 0.933. The second-order valence-electron chi connectivity index (χ2n) is 6.17. The van der Waals surface area contributed by atoms with Gasteiger partial charge in [0.1, 0.15) is 0 Å². The Kier molecular flexibility index (Phi) is 5.22. The maximum Gasteiger partial charge on any atom is 0.227 e. The predicted molar refractivity (Wildman–Crippen MR) is 78.1 cm³/mol. The van der Waals surface area contributed by atoms with E-state index < -0.39 is 0 Å². The van der Waals surface area contributed by atoms with Crippen LogP contribution in [0.2, 0.25) is 0 Å². The number of nitrogens with zero attached hydrogens (tertiary/aromatic N) is 1. The Morgan fingerprint density at radius 3 is 2.89 bits per heavy atom. The molecule has 2 N–H and O–H groups in total. The Morgan fingerprint density at radius 2 is 2.32 bits per heavy atom. The predicted octanol–water partition coefficient (Wildman–Crippen LogP) is 1.22. The number of likely N-dealkylation sites (tertiary alicyclic amines) is 1. The van der Waals surface area contributed by atoms with Crippen LogP contribution in [0.1, 0.15) is 39.5 Å². The summed E-state index contributed by atoms with van der Waals surface area (Å²) in [4.78, 5) is 15.0. The van der Waals surface area contributed by atoms with Crippen molar-refractivity contribution in [3.05, 3.63) is 0 Å². The minimum atomic E-state index is -0.151. The van der Waals surface area contributed by atoms with Crippen LogP contribution in [0.3, 0.4) is 0 Å². The van der Waals surface area contributed by atoms with Crippen LogP contribution in [0.4, 0.5) is 0 Å². The molecular weight excluding hydrogens is 238 g/mol. The van der Waals surface area contributed by atoms with E-state index in [1.54, 1.807) is 0 Å². The van der Waals surface area contributed by atoms with Crippen LogP contribution < -0.4 is 10.6 Å². The van der Waals surface area contributed by atoms with Crippen LogP contribution in [0.25, 0.3) is 0 Å². The summed E-state index contributed by atoms with van der Waals surface area (Å²) in [7, 11) is 0. The molecule has 2 fully saturated rings. The molecule has 2 rings (SSSR count). The fourth-order valence-electron chi connectivity index (χ4n) is 3.42. The number of nitrogens with one attached hydrogen (secondary N) is 2. The Balaban J connectivity index is 1.80. The van der Waals surface area contributed by atoms with Gasteiger partial charge in [-0.25, -0.2) is 0 Å². The number of carbonyl (C=O) groups is 1. The number of piperidine rings is 1.